The molecule has 0 bridgehead atoms. The maximum Gasteiger partial charge on any atom is 0.244 e. The molecule has 2 aromatic carbocycles. The van der Waals surface area contributed by atoms with Crippen molar-refractivity contribution in [2.24, 2.45) is 0 Å². The summed E-state index contributed by atoms with van der Waals surface area (Å²) in [6.07, 6.45) is 1.48. The third kappa shape index (κ3) is 4.15. The number of nitrogens with one attached hydrogen (secondary N) is 2. The van der Waals surface area contributed by atoms with Crippen molar-refractivity contribution in [3.63, 3.8) is 0 Å². The summed E-state index contributed by atoms with van der Waals surface area (Å²) in [5, 5.41) is 13.9. The van der Waals surface area contributed by atoms with E-state index in [1.54, 1.807) is 50.6 Å². The largest absolute Gasteiger partial charge is 0.497 e. The van der Waals surface area contributed by atoms with Crippen molar-refractivity contribution in [2.75, 3.05) is 24.9 Å². The van der Waals surface area contributed by atoms with E-state index in [4.69, 9.17) is 9.47 Å². The van der Waals surface area contributed by atoms with Gasteiger partial charge in [0.15, 0.2) is 5.82 Å². The van der Waals surface area contributed by atoms with Gasteiger partial charge < -0.3 is 20.1 Å². The van der Waals surface area contributed by atoms with Crippen LogP contribution in [-0.2, 0) is 6.54 Å². The number of benzene rings is 2. The summed E-state index contributed by atoms with van der Waals surface area (Å²) in [6.45, 7) is 0.250. The highest BCUT2D eigenvalue weighted by atomic mass is 19.1. The van der Waals surface area contributed by atoms with Gasteiger partial charge in [0.25, 0.3) is 0 Å². The molecule has 3 aromatic rings. The van der Waals surface area contributed by atoms with Crippen molar-refractivity contribution in [1.29, 1.82) is 0 Å². The van der Waals surface area contributed by atoms with Gasteiger partial charge in [0.2, 0.25) is 5.95 Å². The number of halogens is 1. The first-order valence-corrected chi connectivity index (χ1v) is 7.85. The summed E-state index contributed by atoms with van der Waals surface area (Å²) in [7, 11) is 3.16. The fourth-order valence-electron chi connectivity index (χ4n) is 2.30. The second-order valence-electron chi connectivity index (χ2n) is 5.30. The molecule has 3 rings (SSSR count). The molecule has 0 atom stereocenters. The van der Waals surface area contributed by atoms with E-state index in [-0.39, 0.29) is 18.3 Å². The van der Waals surface area contributed by atoms with Crippen LogP contribution in [0.25, 0.3) is 0 Å². The standard InChI is InChI=1S/C18H18FN5O2/c1-25-13-7-8-16(26-2)15(9-13)22-17-11-21-24-18(23-17)20-10-12-5-3-4-6-14(12)19/h3-9,11H,10H2,1-2H3,(H2,20,22,23,24). The highest BCUT2D eigenvalue weighted by Gasteiger charge is 2.08. The molecule has 0 amide bonds. The van der Waals surface area contributed by atoms with Crippen molar-refractivity contribution in [3.8, 4) is 11.5 Å². The maximum atomic E-state index is 13.7. The van der Waals surface area contributed by atoms with Gasteiger partial charge in [0.1, 0.15) is 17.3 Å². The molecular formula is C18H18FN5O2. The van der Waals surface area contributed by atoms with Crippen LogP contribution < -0.4 is 20.1 Å². The van der Waals surface area contributed by atoms with E-state index in [9.17, 15) is 4.39 Å². The zero-order valence-corrected chi connectivity index (χ0v) is 14.4. The lowest BCUT2D eigenvalue weighted by Crippen LogP contribution is -2.07. The first-order chi connectivity index (χ1) is 12.7. The van der Waals surface area contributed by atoms with Gasteiger partial charge in [0.05, 0.1) is 26.1 Å². The molecular weight excluding hydrogens is 337 g/mol. The summed E-state index contributed by atoms with van der Waals surface area (Å²) in [5.74, 6) is 1.75. The van der Waals surface area contributed by atoms with Crippen molar-refractivity contribution < 1.29 is 13.9 Å². The Morgan fingerprint density at radius 1 is 1.08 bits per heavy atom. The molecule has 0 saturated heterocycles. The number of hydrogen-bond donors (Lipinski definition) is 2. The lowest BCUT2D eigenvalue weighted by atomic mass is 10.2. The van der Waals surface area contributed by atoms with Crippen molar-refractivity contribution in [1.82, 2.24) is 15.2 Å². The van der Waals surface area contributed by atoms with Crippen LogP contribution in [0.5, 0.6) is 11.5 Å². The number of methoxy groups -OCH3 is 2. The number of rotatable bonds is 7. The van der Waals surface area contributed by atoms with Crippen LogP contribution in [0.15, 0.2) is 48.7 Å². The Balaban J connectivity index is 1.74. The second-order valence-corrected chi connectivity index (χ2v) is 5.30. The molecule has 0 radical (unpaired) electrons. The lowest BCUT2D eigenvalue weighted by Gasteiger charge is -2.12. The smallest absolute Gasteiger partial charge is 0.244 e. The summed E-state index contributed by atoms with van der Waals surface area (Å²) < 4.78 is 24.2. The minimum atomic E-state index is -0.289. The predicted molar refractivity (Wildman–Crippen MR) is 96.4 cm³/mol. The SMILES string of the molecule is COc1ccc(OC)c(Nc2cnnc(NCc3ccccc3F)n2)c1. The van der Waals surface area contributed by atoms with Crippen LogP contribution >= 0.6 is 0 Å². The number of anilines is 3. The Hall–Kier alpha value is -3.42. The third-order valence-corrected chi connectivity index (χ3v) is 3.62. The summed E-state index contributed by atoms with van der Waals surface area (Å²) in [4.78, 5) is 4.33. The predicted octanol–water partition coefficient (Wildman–Crippen LogP) is 3.38. The molecule has 0 saturated carbocycles. The molecule has 8 heteroatoms. The molecule has 134 valence electrons. The van der Waals surface area contributed by atoms with Gasteiger partial charge in [0, 0.05) is 18.2 Å². The topological polar surface area (TPSA) is 81.2 Å². The van der Waals surface area contributed by atoms with Gasteiger partial charge in [-0.25, -0.2) is 4.39 Å². The summed E-state index contributed by atoms with van der Waals surface area (Å²) in [5.41, 5.74) is 1.19. The fourth-order valence-corrected chi connectivity index (χ4v) is 2.30. The highest BCUT2D eigenvalue weighted by Crippen LogP contribution is 2.30. The number of nitrogens with zero attached hydrogens (tertiary/aromatic N) is 3. The number of aromatic nitrogens is 3. The van der Waals surface area contributed by atoms with Gasteiger partial charge in [-0.05, 0) is 18.2 Å². The van der Waals surface area contributed by atoms with Crippen molar-refractivity contribution in [3.05, 3.63) is 60.0 Å². The first-order valence-electron chi connectivity index (χ1n) is 7.85. The highest BCUT2D eigenvalue weighted by molar-refractivity contribution is 5.66. The van der Waals surface area contributed by atoms with Crippen LogP contribution in [0.2, 0.25) is 0 Å². The van der Waals surface area contributed by atoms with Gasteiger partial charge in [-0.2, -0.15) is 10.1 Å². The van der Waals surface area contributed by atoms with Crippen molar-refractivity contribution in [2.45, 2.75) is 6.54 Å². The molecule has 0 unspecified atom stereocenters. The molecule has 0 fully saturated rings. The Kier molecular flexibility index (Phi) is 5.43. The molecule has 1 heterocycles. The van der Waals surface area contributed by atoms with E-state index in [1.807, 2.05) is 0 Å². The Morgan fingerprint density at radius 3 is 2.69 bits per heavy atom. The summed E-state index contributed by atoms with van der Waals surface area (Å²) >= 11 is 0. The number of hydrogen-bond acceptors (Lipinski definition) is 7. The quantitative estimate of drug-likeness (QED) is 0.672. The fraction of sp³-hybridized carbons (Fsp3) is 0.167. The van der Waals surface area contributed by atoms with Crippen LogP contribution in [0.4, 0.5) is 21.8 Å². The second kappa shape index (κ2) is 8.11. The molecule has 0 aliphatic carbocycles. The van der Waals surface area contributed by atoms with E-state index in [0.29, 0.717) is 28.6 Å². The van der Waals surface area contributed by atoms with E-state index in [0.717, 1.165) is 0 Å². The minimum Gasteiger partial charge on any atom is -0.497 e. The molecule has 1 aromatic heterocycles. The molecule has 2 N–H and O–H groups in total. The van der Waals surface area contributed by atoms with E-state index in [1.165, 1.54) is 12.3 Å². The van der Waals surface area contributed by atoms with Crippen molar-refractivity contribution >= 4 is 17.5 Å². The normalized spacial score (nSPS) is 10.3. The first kappa shape index (κ1) is 17.4. The molecule has 0 aliphatic rings. The molecule has 0 spiro atoms. The average Bonchev–Trinajstić information content (AvgIpc) is 2.67. The zero-order valence-electron chi connectivity index (χ0n) is 14.4. The summed E-state index contributed by atoms with van der Waals surface area (Å²) in [6, 6.07) is 11.9. The average molecular weight is 355 g/mol. The molecule has 26 heavy (non-hydrogen) atoms. The Bertz CT molecular complexity index is 891. The Labute approximate surface area is 150 Å². The third-order valence-electron chi connectivity index (χ3n) is 3.62. The van der Waals surface area contributed by atoms with Crippen LogP contribution in [-0.4, -0.2) is 29.4 Å². The molecule has 7 nitrogen and oxygen atoms in total. The van der Waals surface area contributed by atoms with E-state index < -0.39 is 0 Å². The zero-order chi connectivity index (χ0) is 18.4. The Morgan fingerprint density at radius 2 is 1.92 bits per heavy atom. The number of ether oxygens (including phenoxy) is 2. The van der Waals surface area contributed by atoms with Crippen LogP contribution in [0, 0.1) is 5.82 Å². The van der Waals surface area contributed by atoms with Gasteiger partial charge in [-0.15, -0.1) is 5.10 Å². The molecule has 0 aliphatic heterocycles. The van der Waals surface area contributed by atoms with Gasteiger partial charge in [-0.3, -0.25) is 0 Å². The van der Waals surface area contributed by atoms with Crippen LogP contribution in [0.1, 0.15) is 5.56 Å². The van der Waals surface area contributed by atoms with Gasteiger partial charge >= 0.3 is 0 Å². The maximum absolute atomic E-state index is 13.7. The van der Waals surface area contributed by atoms with Crippen LogP contribution in [0.3, 0.4) is 0 Å². The monoisotopic (exact) mass is 355 g/mol. The van der Waals surface area contributed by atoms with E-state index in [2.05, 4.69) is 25.8 Å². The van der Waals surface area contributed by atoms with E-state index >= 15 is 0 Å². The lowest BCUT2D eigenvalue weighted by molar-refractivity contribution is 0.405. The van der Waals surface area contributed by atoms with Gasteiger partial charge in [-0.1, -0.05) is 18.2 Å². The minimum absolute atomic E-state index is 0.250.